The molecule has 1 aromatic carbocycles. The van der Waals surface area contributed by atoms with Crippen molar-refractivity contribution in [2.24, 2.45) is 4.99 Å². The molecule has 0 heterocycles. The summed E-state index contributed by atoms with van der Waals surface area (Å²) in [6, 6.07) is 9.57. The van der Waals surface area contributed by atoms with Crippen LogP contribution in [0.1, 0.15) is 37.7 Å². The normalized spacial score (nSPS) is 15.9. The predicted molar refractivity (Wildman–Crippen MR) is 106 cm³/mol. The van der Waals surface area contributed by atoms with Gasteiger partial charge in [0.25, 0.3) is 0 Å². The molecule has 2 N–H and O–H groups in total. The van der Waals surface area contributed by atoms with Gasteiger partial charge in [-0.2, -0.15) is 0 Å². The molecule has 0 bridgehead atoms. The van der Waals surface area contributed by atoms with E-state index in [-0.39, 0.29) is 24.0 Å². The summed E-state index contributed by atoms with van der Waals surface area (Å²) in [6.45, 7) is 0.793. The quantitative estimate of drug-likeness (QED) is 0.449. The maximum absolute atomic E-state index is 4.11. The maximum atomic E-state index is 4.11. The van der Waals surface area contributed by atoms with Gasteiger partial charge in [-0.3, -0.25) is 4.99 Å². The number of anilines is 1. The van der Waals surface area contributed by atoms with Gasteiger partial charge in [0.05, 0.1) is 0 Å². The van der Waals surface area contributed by atoms with Gasteiger partial charge in [0, 0.05) is 39.4 Å². The number of guanidine groups is 1. The molecule has 0 atom stereocenters. The first kappa shape index (κ1) is 19.1. The van der Waals surface area contributed by atoms with Crippen molar-refractivity contribution in [3.8, 4) is 0 Å². The second-order valence-electron chi connectivity index (χ2n) is 5.74. The van der Waals surface area contributed by atoms with Crippen LogP contribution in [0.3, 0.4) is 0 Å². The third-order valence-electron chi connectivity index (χ3n) is 4.39. The predicted octanol–water partition coefficient (Wildman–Crippen LogP) is 3.37. The number of rotatable bonds is 4. The molecule has 1 aromatic rings. The number of nitrogens with one attached hydrogen (secondary N) is 2. The Morgan fingerprint density at radius 1 is 1.18 bits per heavy atom. The molecule has 1 saturated carbocycles. The SMILES string of the molecule is CN=C(NC)NCc1ccc(N(C)C2CCCCC2)cc1.I. The van der Waals surface area contributed by atoms with E-state index in [4.69, 9.17) is 0 Å². The van der Waals surface area contributed by atoms with E-state index >= 15 is 0 Å². The molecule has 0 aromatic heterocycles. The summed E-state index contributed by atoms with van der Waals surface area (Å²) in [7, 11) is 5.88. The van der Waals surface area contributed by atoms with Crippen LogP contribution in [0.4, 0.5) is 5.69 Å². The fourth-order valence-electron chi connectivity index (χ4n) is 2.99. The van der Waals surface area contributed by atoms with E-state index in [1.807, 2.05) is 7.05 Å². The van der Waals surface area contributed by atoms with Crippen LogP contribution in [0.2, 0.25) is 0 Å². The van der Waals surface area contributed by atoms with Crippen LogP contribution in [0.15, 0.2) is 29.3 Å². The minimum atomic E-state index is 0. The zero-order valence-corrected chi connectivity index (χ0v) is 16.3. The summed E-state index contributed by atoms with van der Waals surface area (Å²) in [5.41, 5.74) is 2.59. The fraction of sp³-hybridized carbons (Fsp3) is 0.588. The minimum Gasteiger partial charge on any atom is -0.372 e. The summed E-state index contributed by atoms with van der Waals surface area (Å²) in [4.78, 5) is 6.56. The summed E-state index contributed by atoms with van der Waals surface area (Å²) in [6.07, 6.45) is 6.82. The first-order valence-corrected chi connectivity index (χ1v) is 7.94. The number of hydrogen-bond acceptors (Lipinski definition) is 2. The zero-order valence-electron chi connectivity index (χ0n) is 13.9. The monoisotopic (exact) mass is 416 g/mol. The Labute approximate surface area is 151 Å². The van der Waals surface area contributed by atoms with E-state index in [2.05, 4.69) is 51.8 Å². The smallest absolute Gasteiger partial charge is 0.190 e. The average molecular weight is 416 g/mol. The number of nitrogens with zero attached hydrogens (tertiary/aromatic N) is 2. The molecular weight excluding hydrogens is 387 g/mol. The Morgan fingerprint density at radius 2 is 1.82 bits per heavy atom. The second-order valence-corrected chi connectivity index (χ2v) is 5.74. The van der Waals surface area contributed by atoms with E-state index in [1.165, 1.54) is 43.4 Å². The van der Waals surface area contributed by atoms with Crippen molar-refractivity contribution in [3.63, 3.8) is 0 Å². The molecule has 0 saturated heterocycles. The largest absolute Gasteiger partial charge is 0.372 e. The Balaban J connectivity index is 0.00000242. The van der Waals surface area contributed by atoms with E-state index < -0.39 is 0 Å². The standard InChI is InChI=1S/C17H28N4.HI/c1-18-17(19-2)20-13-14-9-11-16(12-10-14)21(3)15-7-5-4-6-8-15;/h9-12,15H,4-8,13H2,1-3H3,(H2,18,19,20);1H. The lowest BCUT2D eigenvalue weighted by Gasteiger charge is -2.33. The molecule has 2 rings (SSSR count). The number of aliphatic imine (C=N–C) groups is 1. The highest BCUT2D eigenvalue weighted by Crippen LogP contribution is 2.26. The fourth-order valence-corrected chi connectivity index (χ4v) is 2.99. The van der Waals surface area contributed by atoms with Gasteiger partial charge in [-0.05, 0) is 30.5 Å². The van der Waals surface area contributed by atoms with Crippen molar-refractivity contribution in [2.75, 3.05) is 26.0 Å². The van der Waals surface area contributed by atoms with E-state index in [0.717, 1.165) is 12.5 Å². The van der Waals surface area contributed by atoms with Gasteiger partial charge in [-0.25, -0.2) is 0 Å². The number of halogens is 1. The average Bonchev–Trinajstić information content (AvgIpc) is 2.56. The van der Waals surface area contributed by atoms with Crippen LogP contribution in [0.25, 0.3) is 0 Å². The Hall–Kier alpha value is -0.980. The summed E-state index contributed by atoms with van der Waals surface area (Å²) < 4.78 is 0. The van der Waals surface area contributed by atoms with Crippen LogP contribution in [-0.2, 0) is 6.54 Å². The maximum Gasteiger partial charge on any atom is 0.190 e. The third kappa shape index (κ3) is 5.34. The van der Waals surface area contributed by atoms with Crippen molar-refractivity contribution < 1.29 is 0 Å². The highest BCUT2D eigenvalue weighted by molar-refractivity contribution is 14.0. The topological polar surface area (TPSA) is 39.7 Å². The van der Waals surface area contributed by atoms with Crippen molar-refractivity contribution in [1.29, 1.82) is 0 Å². The van der Waals surface area contributed by atoms with Gasteiger partial charge in [0.15, 0.2) is 5.96 Å². The third-order valence-corrected chi connectivity index (χ3v) is 4.39. The molecular formula is C17H29IN4. The van der Waals surface area contributed by atoms with Gasteiger partial charge >= 0.3 is 0 Å². The van der Waals surface area contributed by atoms with Crippen molar-refractivity contribution in [1.82, 2.24) is 10.6 Å². The first-order valence-electron chi connectivity index (χ1n) is 7.94. The van der Waals surface area contributed by atoms with E-state index in [1.54, 1.807) is 7.05 Å². The van der Waals surface area contributed by atoms with Crippen LogP contribution in [-0.4, -0.2) is 33.1 Å². The minimum absolute atomic E-state index is 0. The van der Waals surface area contributed by atoms with E-state index in [0.29, 0.717) is 6.04 Å². The van der Waals surface area contributed by atoms with Crippen LogP contribution < -0.4 is 15.5 Å². The number of benzene rings is 1. The molecule has 22 heavy (non-hydrogen) atoms. The summed E-state index contributed by atoms with van der Waals surface area (Å²) in [5.74, 6) is 0.818. The lowest BCUT2D eigenvalue weighted by atomic mass is 9.94. The zero-order chi connectivity index (χ0) is 15.1. The Bertz CT molecular complexity index is 452. The van der Waals surface area contributed by atoms with E-state index in [9.17, 15) is 0 Å². The summed E-state index contributed by atoms with van der Waals surface area (Å²) >= 11 is 0. The first-order chi connectivity index (χ1) is 10.2. The van der Waals surface area contributed by atoms with Gasteiger partial charge in [-0.1, -0.05) is 31.4 Å². The molecule has 0 unspecified atom stereocenters. The van der Waals surface area contributed by atoms with Crippen LogP contribution in [0, 0.1) is 0 Å². The molecule has 0 spiro atoms. The molecule has 1 aliphatic carbocycles. The molecule has 5 heteroatoms. The van der Waals surface area contributed by atoms with Gasteiger partial charge in [0.2, 0.25) is 0 Å². The van der Waals surface area contributed by atoms with Crippen molar-refractivity contribution >= 4 is 35.6 Å². The van der Waals surface area contributed by atoms with Gasteiger partial charge < -0.3 is 15.5 Å². The molecule has 1 fully saturated rings. The molecule has 124 valence electrons. The molecule has 1 aliphatic rings. The van der Waals surface area contributed by atoms with Gasteiger partial charge in [-0.15, -0.1) is 24.0 Å². The molecule has 0 aliphatic heterocycles. The molecule has 0 amide bonds. The number of hydrogen-bond donors (Lipinski definition) is 2. The second kappa shape index (κ2) is 9.92. The molecule has 4 nitrogen and oxygen atoms in total. The Kier molecular flexibility index (Phi) is 8.60. The highest BCUT2D eigenvalue weighted by Gasteiger charge is 2.18. The van der Waals surface area contributed by atoms with Gasteiger partial charge in [0.1, 0.15) is 0 Å². The lowest BCUT2D eigenvalue weighted by molar-refractivity contribution is 0.427. The van der Waals surface area contributed by atoms with Crippen molar-refractivity contribution in [2.45, 2.75) is 44.7 Å². The molecule has 0 radical (unpaired) electrons. The Morgan fingerprint density at radius 3 is 2.36 bits per heavy atom. The van der Waals surface area contributed by atoms with Crippen molar-refractivity contribution in [3.05, 3.63) is 29.8 Å². The van der Waals surface area contributed by atoms with Crippen LogP contribution >= 0.6 is 24.0 Å². The van der Waals surface area contributed by atoms with Crippen LogP contribution in [0.5, 0.6) is 0 Å². The highest BCUT2D eigenvalue weighted by atomic mass is 127. The lowest BCUT2D eigenvalue weighted by Crippen LogP contribution is -2.34. The summed E-state index contributed by atoms with van der Waals surface area (Å²) in [5, 5.41) is 6.30.